The molecule has 0 bridgehead atoms. The Kier molecular flexibility index (Phi) is 3.13. The van der Waals surface area contributed by atoms with Gasteiger partial charge in [-0.15, -0.1) is 11.8 Å². The Balaban J connectivity index is 2.15. The number of hydrogen-bond donors (Lipinski definition) is 2. The van der Waals surface area contributed by atoms with Gasteiger partial charge in [-0.25, -0.2) is 9.97 Å². The van der Waals surface area contributed by atoms with E-state index in [1.165, 1.54) is 4.90 Å². The lowest BCUT2D eigenvalue weighted by Crippen LogP contribution is -1.91. The fourth-order valence-corrected chi connectivity index (χ4v) is 2.60. The monoisotopic (exact) mass is 270 g/mol. The Bertz CT molecular complexity index is 720. The summed E-state index contributed by atoms with van der Waals surface area (Å²) in [5, 5.41) is 3.02. The number of hydrogen-bond acceptors (Lipinski definition) is 4. The molecule has 3 aromatic rings. The molecule has 0 spiro atoms. The molecule has 5 heteroatoms. The maximum absolute atomic E-state index is 4.58. The van der Waals surface area contributed by atoms with Crippen LogP contribution in [0.15, 0.2) is 41.3 Å². The summed E-state index contributed by atoms with van der Waals surface area (Å²) < 4.78 is 0. The van der Waals surface area contributed by atoms with E-state index in [0.717, 1.165) is 28.4 Å². The zero-order valence-corrected chi connectivity index (χ0v) is 11.6. The Labute approximate surface area is 115 Å². The molecule has 1 aromatic carbocycles. The Hall–Kier alpha value is -2.01. The summed E-state index contributed by atoms with van der Waals surface area (Å²) in [5.41, 5.74) is 2.79. The van der Waals surface area contributed by atoms with Crippen LogP contribution in [0.1, 0.15) is 0 Å². The van der Waals surface area contributed by atoms with E-state index in [1.54, 1.807) is 11.8 Å². The second-order valence-electron chi connectivity index (χ2n) is 4.10. The number of thioether (sulfide) groups is 1. The molecular weight excluding hydrogens is 256 g/mol. The molecule has 0 atom stereocenters. The molecule has 0 saturated carbocycles. The van der Waals surface area contributed by atoms with E-state index in [1.807, 2.05) is 31.3 Å². The molecule has 0 aliphatic heterocycles. The summed E-state index contributed by atoms with van der Waals surface area (Å²) >= 11 is 1.72. The van der Waals surface area contributed by atoms with E-state index in [-0.39, 0.29) is 0 Å². The lowest BCUT2D eigenvalue weighted by molar-refractivity contribution is 1.26. The fourth-order valence-electron chi connectivity index (χ4n) is 2.00. The first-order valence-electron chi connectivity index (χ1n) is 5.99. The maximum atomic E-state index is 4.58. The van der Waals surface area contributed by atoms with E-state index >= 15 is 0 Å². The number of aromatic amines is 1. The molecule has 0 amide bonds. The van der Waals surface area contributed by atoms with Crippen molar-refractivity contribution in [1.82, 2.24) is 15.0 Å². The van der Waals surface area contributed by atoms with Crippen molar-refractivity contribution in [3.8, 4) is 11.4 Å². The smallest absolute Gasteiger partial charge is 0.180 e. The number of imidazole rings is 1. The number of H-pyrrole nitrogens is 1. The van der Waals surface area contributed by atoms with Gasteiger partial charge < -0.3 is 10.3 Å². The van der Waals surface area contributed by atoms with Crippen LogP contribution in [0.25, 0.3) is 22.6 Å². The Morgan fingerprint density at radius 3 is 2.74 bits per heavy atom. The van der Waals surface area contributed by atoms with Gasteiger partial charge in [-0.2, -0.15) is 0 Å². The number of pyridine rings is 1. The van der Waals surface area contributed by atoms with Gasteiger partial charge in [-0.1, -0.05) is 18.2 Å². The van der Waals surface area contributed by atoms with Crippen LogP contribution < -0.4 is 5.32 Å². The molecule has 0 unspecified atom stereocenters. The molecule has 4 nitrogen and oxygen atoms in total. The minimum atomic E-state index is 0.734. The summed E-state index contributed by atoms with van der Waals surface area (Å²) in [6, 6.07) is 12.2. The second kappa shape index (κ2) is 4.93. The topological polar surface area (TPSA) is 53.6 Å². The van der Waals surface area contributed by atoms with E-state index in [2.05, 4.69) is 38.7 Å². The molecule has 0 radical (unpaired) electrons. The van der Waals surface area contributed by atoms with Crippen molar-refractivity contribution in [3.05, 3.63) is 36.4 Å². The summed E-state index contributed by atoms with van der Waals surface area (Å²) in [5.74, 6) is 1.68. The summed E-state index contributed by atoms with van der Waals surface area (Å²) in [4.78, 5) is 13.5. The van der Waals surface area contributed by atoms with Crippen LogP contribution in [-0.4, -0.2) is 28.3 Å². The Morgan fingerprint density at radius 2 is 1.95 bits per heavy atom. The zero-order chi connectivity index (χ0) is 13.2. The zero-order valence-electron chi connectivity index (χ0n) is 10.8. The molecule has 0 saturated heterocycles. The lowest BCUT2D eigenvalue weighted by Gasteiger charge is -2.02. The highest BCUT2D eigenvalue weighted by Gasteiger charge is 2.09. The van der Waals surface area contributed by atoms with E-state index in [4.69, 9.17) is 0 Å². The largest absolute Gasteiger partial charge is 0.373 e. The molecule has 2 heterocycles. The van der Waals surface area contributed by atoms with E-state index in [0.29, 0.717) is 0 Å². The minimum Gasteiger partial charge on any atom is -0.373 e. The van der Waals surface area contributed by atoms with Gasteiger partial charge in [-0.3, -0.25) is 0 Å². The molecule has 0 aliphatic carbocycles. The predicted molar refractivity (Wildman–Crippen MR) is 80.7 cm³/mol. The molecular formula is C14H14N4S. The van der Waals surface area contributed by atoms with E-state index in [9.17, 15) is 0 Å². The SMILES string of the molecule is CNc1ccc2[nH]c(-c3ccccc3SC)nc2n1. The summed E-state index contributed by atoms with van der Waals surface area (Å²) in [7, 11) is 1.85. The van der Waals surface area contributed by atoms with Gasteiger partial charge in [0.15, 0.2) is 5.65 Å². The van der Waals surface area contributed by atoms with Crippen LogP contribution in [0.2, 0.25) is 0 Å². The van der Waals surface area contributed by atoms with Crippen molar-refractivity contribution >= 4 is 28.7 Å². The van der Waals surface area contributed by atoms with Gasteiger partial charge in [0.1, 0.15) is 11.6 Å². The summed E-state index contributed by atoms with van der Waals surface area (Å²) in [6.07, 6.45) is 2.07. The van der Waals surface area contributed by atoms with Gasteiger partial charge in [-0.05, 0) is 24.5 Å². The van der Waals surface area contributed by atoms with E-state index < -0.39 is 0 Å². The fraction of sp³-hybridized carbons (Fsp3) is 0.143. The molecule has 2 aromatic heterocycles. The van der Waals surface area contributed by atoms with Crippen LogP contribution in [0.3, 0.4) is 0 Å². The number of benzene rings is 1. The predicted octanol–water partition coefficient (Wildman–Crippen LogP) is 3.39. The van der Waals surface area contributed by atoms with Crippen molar-refractivity contribution in [3.63, 3.8) is 0 Å². The van der Waals surface area contributed by atoms with Crippen molar-refractivity contribution in [2.24, 2.45) is 0 Å². The second-order valence-corrected chi connectivity index (χ2v) is 4.95. The van der Waals surface area contributed by atoms with Gasteiger partial charge in [0.25, 0.3) is 0 Å². The highest BCUT2D eigenvalue weighted by atomic mass is 32.2. The number of rotatable bonds is 3. The van der Waals surface area contributed by atoms with Crippen molar-refractivity contribution in [1.29, 1.82) is 0 Å². The van der Waals surface area contributed by atoms with Crippen molar-refractivity contribution in [2.45, 2.75) is 4.90 Å². The third-order valence-corrected chi connectivity index (χ3v) is 3.76. The van der Waals surface area contributed by atoms with Gasteiger partial charge in [0.2, 0.25) is 0 Å². The van der Waals surface area contributed by atoms with Crippen LogP contribution >= 0.6 is 11.8 Å². The van der Waals surface area contributed by atoms with Crippen molar-refractivity contribution in [2.75, 3.05) is 18.6 Å². The molecule has 96 valence electrons. The number of nitrogens with one attached hydrogen (secondary N) is 2. The van der Waals surface area contributed by atoms with Crippen LogP contribution in [0.5, 0.6) is 0 Å². The van der Waals surface area contributed by atoms with Gasteiger partial charge in [0, 0.05) is 17.5 Å². The number of aromatic nitrogens is 3. The van der Waals surface area contributed by atoms with Crippen LogP contribution in [0, 0.1) is 0 Å². The number of anilines is 1. The standard InChI is InChI=1S/C14H14N4S/c1-15-12-8-7-10-14(17-12)18-13(16-10)9-5-3-4-6-11(9)19-2/h3-8H,1-2H3,(H2,15,16,17,18). The molecule has 3 rings (SSSR count). The summed E-state index contributed by atoms with van der Waals surface area (Å²) in [6.45, 7) is 0. The third kappa shape index (κ3) is 2.17. The first-order chi connectivity index (χ1) is 9.31. The first kappa shape index (κ1) is 12.0. The molecule has 0 aliphatic rings. The van der Waals surface area contributed by atoms with Gasteiger partial charge in [0.05, 0.1) is 5.52 Å². The quantitative estimate of drug-likeness (QED) is 0.716. The Morgan fingerprint density at radius 1 is 1.11 bits per heavy atom. The first-order valence-corrected chi connectivity index (χ1v) is 7.22. The average Bonchev–Trinajstić information content (AvgIpc) is 2.89. The van der Waals surface area contributed by atoms with Gasteiger partial charge >= 0.3 is 0 Å². The molecule has 2 N–H and O–H groups in total. The van der Waals surface area contributed by atoms with Crippen LogP contribution in [-0.2, 0) is 0 Å². The van der Waals surface area contributed by atoms with Crippen LogP contribution in [0.4, 0.5) is 5.82 Å². The minimum absolute atomic E-state index is 0.734. The average molecular weight is 270 g/mol. The number of fused-ring (bicyclic) bond motifs is 1. The highest BCUT2D eigenvalue weighted by Crippen LogP contribution is 2.29. The normalized spacial score (nSPS) is 10.8. The third-order valence-electron chi connectivity index (χ3n) is 2.96. The maximum Gasteiger partial charge on any atom is 0.180 e. The molecule has 19 heavy (non-hydrogen) atoms. The lowest BCUT2D eigenvalue weighted by atomic mass is 10.2. The highest BCUT2D eigenvalue weighted by molar-refractivity contribution is 7.98. The van der Waals surface area contributed by atoms with Crippen molar-refractivity contribution < 1.29 is 0 Å². The molecule has 0 fully saturated rings. The number of nitrogens with zero attached hydrogens (tertiary/aromatic N) is 2.